The first-order valence-corrected chi connectivity index (χ1v) is 6.19. The normalized spacial score (nSPS) is 11.6. The van der Waals surface area contributed by atoms with Crippen LogP contribution in [0.5, 0.6) is 0 Å². The molecule has 0 fully saturated rings. The van der Waals surface area contributed by atoms with Crippen molar-refractivity contribution in [3.63, 3.8) is 0 Å². The van der Waals surface area contributed by atoms with Crippen LogP contribution in [0.2, 0.25) is 5.02 Å². The first-order chi connectivity index (χ1) is 8.79. The molecule has 1 heterocycles. The summed E-state index contributed by atoms with van der Waals surface area (Å²) in [6.07, 6.45) is -4.39. The second-order valence-corrected chi connectivity index (χ2v) is 5.15. The third-order valence-corrected chi connectivity index (χ3v) is 3.84. The number of carboxylic acid groups (broad SMARTS) is 1. The molecule has 2 nitrogen and oxygen atoms in total. The number of hydrogen-bond acceptors (Lipinski definition) is 2. The van der Waals surface area contributed by atoms with Crippen LogP contribution >= 0.6 is 22.9 Å². The molecule has 0 aliphatic heterocycles. The Morgan fingerprint density at radius 1 is 1.21 bits per heavy atom. The molecule has 100 valence electrons. The Morgan fingerprint density at radius 2 is 1.89 bits per heavy atom. The molecule has 0 atom stereocenters. The van der Waals surface area contributed by atoms with Gasteiger partial charge in [-0.05, 0) is 24.3 Å². The lowest BCUT2D eigenvalue weighted by Crippen LogP contribution is -2.00. The summed E-state index contributed by atoms with van der Waals surface area (Å²) < 4.78 is 37.5. The zero-order valence-electron chi connectivity index (χ0n) is 9.16. The van der Waals surface area contributed by atoms with Gasteiger partial charge >= 0.3 is 12.1 Å². The third-order valence-electron chi connectivity index (χ3n) is 2.37. The lowest BCUT2D eigenvalue weighted by Gasteiger charge is -2.04. The zero-order chi connectivity index (χ0) is 14.2. The Bertz CT molecular complexity index is 634. The monoisotopic (exact) mass is 306 g/mol. The Balaban J connectivity index is 2.43. The smallest absolute Gasteiger partial charge is 0.425 e. The fourth-order valence-corrected chi connectivity index (χ4v) is 2.73. The van der Waals surface area contributed by atoms with Gasteiger partial charge in [-0.2, -0.15) is 13.2 Å². The summed E-state index contributed by atoms with van der Waals surface area (Å²) in [5, 5.41) is 8.88. The van der Waals surface area contributed by atoms with Gasteiger partial charge in [0.25, 0.3) is 0 Å². The van der Waals surface area contributed by atoms with Gasteiger partial charge in [0, 0.05) is 10.4 Å². The van der Waals surface area contributed by atoms with Crippen molar-refractivity contribution in [1.29, 1.82) is 0 Å². The van der Waals surface area contributed by atoms with Crippen LogP contribution in [0.15, 0.2) is 30.3 Å². The van der Waals surface area contributed by atoms with Gasteiger partial charge in [0.1, 0.15) is 4.88 Å². The molecule has 1 N–H and O–H groups in total. The van der Waals surface area contributed by atoms with Crippen molar-refractivity contribution >= 4 is 28.9 Å². The van der Waals surface area contributed by atoms with E-state index >= 15 is 0 Å². The van der Waals surface area contributed by atoms with Gasteiger partial charge in [0.15, 0.2) is 0 Å². The van der Waals surface area contributed by atoms with Gasteiger partial charge in [0.2, 0.25) is 0 Å². The standard InChI is InChI=1S/C12H6ClF3O2S/c13-8-5-6(11(17)18)1-2-7(8)9-3-4-10(19-9)12(14,15)16/h1-5H,(H,17,18). The molecule has 0 aliphatic carbocycles. The highest BCUT2D eigenvalue weighted by molar-refractivity contribution is 7.15. The molecular formula is C12H6ClF3O2S. The highest BCUT2D eigenvalue weighted by Crippen LogP contribution is 2.40. The maximum absolute atomic E-state index is 12.5. The number of rotatable bonds is 2. The fourth-order valence-electron chi connectivity index (χ4n) is 1.48. The molecule has 0 aliphatic rings. The molecule has 0 amide bonds. The third kappa shape index (κ3) is 2.90. The summed E-state index contributed by atoms with van der Waals surface area (Å²) in [6, 6.07) is 6.21. The van der Waals surface area contributed by atoms with Crippen LogP contribution in [0, 0.1) is 0 Å². The maximum Gasteiger partial charge on any atom is 0.425 e. The minimum Gasteiger partial charge on any atom is -0.478 e. The van der Waals surface area contributed by atoms with E-state index in [4.69, 9.17) is 16.7 Å². The van der Waals surface area contributed by atoms with Crippen molar-refractivity contribution in [3.8, 4) is 10.4 Å². The van der Waals surface area contributed by atoms with E-state index < -0.39 is 17.0 Å². The van der Waals surface area contributed by atoms with E-state index in [0.717, 1.165) is 6.07 Å². The van der Waals surface area contributed by atoms with Gasteiger partial charge in [-0.1, -0.05) is 17.7 Å². The van der Waals surface area contributed by atoms with Crippen molar-refractivity contribution in [2.24, 2.45) is 0 Å². The molecule has 0 bridgehead atoms. The van der Waals surface area contributed by atoms with Crippen molar-refractivity contribution in [1.82, 2.24) is 0 Å². The maximum atomic E-state index is 12.5. The van der Waals surface area contributed by atoms with Crippen molar-refractivity contribution < 1.29 is 23.1 Å². The highest BCUT2D eigenvalue weighted by atomic mass is 35.5. The number of carbonyl (C=O) groups is 1. The largest absolute Gasteiger partial charge is 0.478 e. The summed E-state index contributed by atoms with van der Waals surface area (Å²) in [5.74, 6) is -1.14. The number of hydrogen-bond donors (Lipinski definition) is 1. The van der Waals surface area contributed by atoms with Crippen LogP contribution in [0.25, 0.3) is 10.4 Å². The van der Waals surface area contributed by atoms with Crippen LogP contribution in [0.4, 0.5) is 13.2 Å². The molecule has 1 aromatic heterocycles. The number of carboxylic acids is 1. The van der Waals surface area contributed by atoms with E-state index in [-0.39, 0.29) is 10.6 Å². The average molecular weight is 307 g/mol. The molecule has 0 radical (unpaired) electrons. The topological polar surface area (TPSA) is 37.3 Å². The number of alkyl halides is 3. The van der Waals surface area contributed by atoms with Crippen LogP contribution in [-0.2, 0) is 6.18 Å². The second-order valence-electron chi connectivity index (χ2n) is 3.66. The Hall–Kier alpha value is -1.53. The number of benzene rings is 1. The molecule has 0 spiro atoms. The molecule has 0 saturated carbocycles. The Labute approximate surface area is 115 Å². The predicted octanol–water partition coefficient (Wildman–Crippen LogP) is 4.79. The average Bonchev–Trinajstić information content (AvgIpc) is 2.77. The van der Waals surface area contributed by atoms with Crippen molar-refractivity contribution in [2.45, 2.75) is 6.18 Å². The fraction of sp³-hybridized carbons (Fsp3) is 0.0833. The minimum atomic E-state index is -4.39. The molecular weight excluding hydrogens is 301 g/mol. The second kappa shape index (κ2) is 4.86. The summed E-state index contributed by atoms with van der Waals surface area (Å²) in [5.41, 5.74) is 0.369. The summed E-state index contributed by atoms with van der Waals surface area (Å²) in [6.45, 7) is 0. The van der Waals surface area contributed by atoms with Crippen molar-refractivity contribution in [2.75, 3.05) is 0 Å². The van der Waals surface area contributed by atoms with E-state index in [1.54, 1.807) is 0 Å². The zero-order valence-corrected chi connectivity index (χ0v) is 10.7. The highest BCUT2D eigenvalue weighted by Gasteiger charge is 2.32. The van der Waals surface area contributed by atoms with Gasteiger partial charge in [-0.15, -0.1) is 11.3 Å². The SMILES string of the molecule is O=C(O)c1ccc(-c2ccc(C(F)(F)F)s2)c(Cl)c1. The number of aromatic carboxylic acids is 1. The van der Waals surface area contributed by atoms with E-state index in [1.807, 2.05) is 0 Å². The molecule has 7 heteroatoms. The van der Waals surface area contributed by atoms with Crippen LogP contribution < -0.4 is 0 Å². The van der Waals surface area contributed by atoms with E-state index in [0.29, 0.717) is 21.8 Å². The first-order valence-electron chi connectivity index (χ1n) is 4.99. The lowest BCUT2D eigenvalue weighted by molar-refractivity contribution is -0.134. The molecule has 0 saturated heterocycles. The van der Waals surface area contributed by atoms with Crippen LogP contribution in [-0.4, -0.2) is 11.1 Å². The van der Waals surface area contributed by atoms with Crippen LogP contribution in [0.3, 0.4) is 0 Å². The molecule has 19 heavy (non-hydrogen) atoms. The number of halogens is 4. The molecule has 1 aromatic carbocycles. The van der Waals surface area contributed by atoms with Crippen LogP contribution in [0.1, 0.15) is 15.2 Å². The number of thiophene rings is 1. The van der Waals surface area contributed by atoms with E-state index in [1.165, 1.54) is 24.3 Å². The Morgan fingerprint density at radius 3 is 2.37 bits per heavy atom. The lowest BCUT2D eigenvalue weighted by atomic mass is 10.1. The van der Waals surface area contributed by atoms with Gasteiger partial charge in [0.05, 0.1) is 10.6 Å². The molecule has 2 rings (SSSR count). The quantitative estimate of drug-likeness (QED) is 0.866. The summed E-state index contributed by atoms with van der Waals surface area (Å²) >= 11 is 6.46. The summed E-state index contributed by atoms with van der Waals surface area (Å²) in [7, 11) is 0. The van der Waals surface area contributed by atoms with Gasteiger partial charge in [-0.3, -0.25) is 0 Å². The van der Waals surface area contributed by atoms with Crippen molar-refractivity contribution in [3.05, 3.63) is 45.8 Å². The molecule has 0 unspecified atom stereocenters. The molecule has 2 aromatic rings. The summed E-state index contributed by atoms with van der Waals surface area (Å²) in [4.78, 5) is 10.4. The van der Waals surface area contributed by atoms with Gasteiger partial charge in [-0.25, -0.2) is 4.79 Å². The first kappa shape index (κ1) is 13.9. The van der Waals surface area contributed by atoms with Gasteiger partial charge < -0.3 is 5.11 Å². The minimum absolute atomic E-state index is 0.0126. The predicted molar refractivity (Wildman–Crippen MR) is 66.7 cm³/mol. The van der Waals surface area contributed by atoms with E-state index in [2.05, 4.69) is 0 Å². The van der Waals surface area contributed by atoms with E-state index in [9.17, 15) is 18.0 Å². The Kier molecular flexibility index (Phi) is 3.56.